The van der Waals surface area contributed by atoms with Gasteiger partial charge in [-0.3, -0.25) is 4.98 Å². The van der Waals surface area contributed by atoms with Crippen molar-refractivity contribution in [2.75, 3.05) is 5.32 Å². The van der Waals surface area contributed by atoms with Gasteiger partial charge in [-0.25, -0.2) is 9.78 Å². The van der Waals surface area contributed by atoms with Crippen LogP contribution < -0.4 is 5.32 Å². The molecule has 2 rings (SSSR count). The second-order valence-electron chi connectivity index (χ2n) is 3.08. The standard InChI is InChI=1S/C10H9N3O2S/c1-6-12-8(10(14)15)9(16-6)13-7-3-2-4-11-5-7/h2-5,13H,1H3,(H,14,15). The Morgan fingerprint density at radius 2 is 2.38 bits per heavy atom. The first-order valence-corrected chi connectivity index (χ1v) is 5.36. The summed E-state index contributed by atoms with van der Waals surface area (Å²) < 4.78 is 0. The van der Waals surface area contributed by atoms with E-state index in [1.807, 2.05) is 6.07 Å². The summed E-state index contributed by atoms with van der Waals surface area (Å²) in [5.41, 5.74) is 0.792. The predicted molar refractivity (Wildman–Crippen MR) is 61.3 cm³/mol. The van der Waals surface area contributed by atoms with Gasteiger partial charge in [-0.1, -0.05) is 0 Å². The fourth-order valence-corrected chi connectivity index (χ4v) is 2.06. The van der Waals surface area contributed by atoms with Crippen LogP contribution >= 0.6 is 11.3 Å². The Morgan fingerprint density at radius 3 is 3.00 bits per heavy atom. The summed E-state index contributed by atoms with van der Waals surface area (Å²) in [4.78, 5) is 18.8. The van der Waals surface area contributed by atoms with E-state index in [0.29, 0.717) is 10.0 Å². The molecule has 0 unspecified atom stereocenters. The summed E-state index contributed by atoms with van der Waals surface area (Å²) >= 11 is 1.31. The van der Waals surface area contributed by atoms with Gasteiger partial charge in [0.1, 0.15) is 5.00 Å². The van der Waals surface area contributed by atoms with Crippen molar-refractivity contribution in [1.82, 2.24) is 9.97 Å². The second kappa shape index (κ2) is 4.28. The molecule has 0 amide bonds. The number of nitrogens with one attached hydrogen (secondary N) is 1. The Balaban J connectivity index is 2.31. The lowest BCUT2D eigenvalue weighted by atomic mass is 10.4. The number of anilines is 2. The maximum atomic E-state index is 10.9. The van der Waals surface area contributed by atoms with Crippen molar-refractivity contribution in [3.63, 3.8) is 0 Å². The molecule has 0 aliphatic rings. The predicted octanol–water partition coefficient (Wildman–Crippen LogP) is 2.29. The number of carboxylic acids is 1. The fourth-order valence-electron chi connectivity index (χ4n) is 1.22. The maximum Gasteiger partial charge on any atom is 0.357 e. The number of rotatable bonds is 3. The van der Waals surface area contributed by atoms with Crippen LogP contribution in [0, 0.1) is 6.92 Å². The highest BCUT2D eigenvalue weighted by Crippen LogP contribution is 2.27. The molecule has 2 heterocycles. The number of carboxylic acid groups (broad SMARTS) is 1. The van der Waals surface area contributed by atoms with Crippen molar-refractivity contribution < 1.29 is 9.90 Å². The molecule has 0 saturated heterocycles. The molecule has 0 saturated carbocycles. The molecule has 6 heteroatoms. The summed E-state index contributed by atoms with van der Waals surface area (Å²) in [5, 5.41) is 13.2. The number of aromatic carboxylic acids is 1. The molecule has 0 bridgehead atoms. The fraction of sp³-hybridized carbons (Fsp3) is 0.100. The van der Waals surface area contributed by atoms with Crippen LogP contribution in [0.25, 0.3) is 0 Å². The maximum absolute atomic E-state index is 10.9. The third-order valence-electron chi connectivity index (χ3n) is 1.86. The van der Waals surface area contributed by atoms with Crippen molar-refractivity contribution in [3.05, 3.63) is 35.2 Å². The normalized spacial score (nSPS) is 10.1. The minimum atomic E-state index is -1.03. The molecule has 82 valence electrons. The van der Waals surface area contributed by atoms with E-state index in [1.54, 1.807) is 25.4 Å². The van der Waals surface area contributed by atoms with Crippen molar-refractivity contribution in [1.29, 1.82) is 0 Å². The molecule has 2 aromatic rings. The zero-order chi connectivity index (χ0) is 11.5. The number of carbonyl (C=O) groups is 1. The number of nitrogens with zero attached hydrogens (tertiary/aromatic N) is 2. The molecule has 2 N–H and O–H groups in total. The van der Waals surface area contributed by atoms with Gasteiger partial charge in [-0.15, -0.1) is 11.3 Å². The van der Waals surface area contributed by atoms with Gasteiger partial charge in [0, 0.05) is 6.20 Å². The zero-order valence-electron chi connectivity index (χ0n) is 8.47. The van der Waals surface area contributed by atoms with E-state index >= 15 is 0 Å². The highest BCUT2D eigenvalue weighted by Gasteiger charge is 2.15. The monoisotopic (exact) mass is 235 g/mol. The number of hydrogen-bond acceptors (Lipinski definition) is 5. The Labute approximate surface area is 95.8 Å². The molecule has 0 radical (unpaired) electrons. The van der Waals surface area contributed by atoms with Crippen LogP contribution in [0.5, 0.6) is 0 Å². The Hall–Kier alpha value is -1.95. The van der Waals surface area contributed by atoms with Crippen molar-refractivity contribution in [3.8, 4) is 0 Å². The molecule has 0 aliphatic heterocycles. The van der Waals surface area contributed by atoms with E-state index in [2.05, 4.69) is 15.3 Å². The molecular weight excluding hydrogens is 226 g/mol. The average Bonchev–Trinajstić information content (AvgIpc) is 2.61. The van der Waals surface area contributed by atoms with Gasteiger partial charge >= 0.3 is 5.97 Å². The molecule has 0 aliphatic carbocycles. The van der Waals surface area contributed by atoms with Crippen molar-refractivity contribution in [2.24, 2.45) is 0 Å². The summed E-state index contributed by atoms with van der Waals surface area (Å²) in [6.45, 7) is 1.77. The number of pyridine rings is 1. The first-order chi connectivity index (χ1) is 7.66. The van der Waals surface area contributed by atoms with Gasteiger partial charge in [0.05, 0.1) is 16.9 Å². The molecule has 16 heavy (non-hydrogen) atoms. The van der Waals surface area contributed by atoms with Gasteiger partial charge in [0.15, 0.2) is 5.69 Å². The minimum Gasteiger partial charge on any atom is -0.476 e. The molecule has 0 fully saturated rings. The Kier molecular flexibility index (Phi) is 2.82. The molecule has 0 aromatic carbocycles. The molecule has 0 atom stereocenters. The Morgan fingerprint density at radius 1 is 1.56 bits per heavy atom. The zero-order valence-corrected chi connectivity index (χ0v) is 9.28. The van der Waals surface area contributed by atoms with E-state index in [9.17, 15) is 4.79 Å². The van der Waals surface area contributed by atoms with E-state index in [1.165, 1.54) is 11.3 Å². The van der Waals surface area contributed by atoms with Crippen LogP contribution in [-0.4, -0.2) is 21.0 Å². The first-order valence-electron chi connectivity index (χ1n) is 4.54. The smallest absolute Gasteiger partial charge is 0.357 e. The molecular formula is C10H9N3O2S. The number of aromatic nitrogens is 2. The SMILES string of the molecule is Cc1nc(C(=O)O)c(Nc2cccnc2)s1. The quantitative estimate of drug-likeness (QED) is 0.853. The van der Waals surface area contributed by atoms with E-state index in [-0.39, 0.29) is 5.69 Å². The van der Waals surface area contributed by atoms with Crippen molar-refractivity contribution >= 4 is 28.0 Å². The average molecular weight is 235 g/mol. The van der Waals surface area contributed by atoms with Crippen LogP contribution in [0.2, 0.25) is 0 Å². The first kappa shape index (κ1) is 10.6. The van der Waals surface area contributed by atoms with Crippen LogP contribution in [0.15, 0.2) is 24.5 Å². The highest BCUT2D eigenvalue weighted by atomic mass is 32.1. The summed E-state index contributed by atoms with van der Waals surface area (Å²) in [6, 6.07) is 3.59. The van der Waals surface area contributed by atoms with Gasteiger partial charge < -0.3 is 10.4 Å². The summed E-state index contributed by atoms with van der Waals surface area (Å²) in [7, 11) is 0. The number of thiazole rings is 1. The lowest BCUT2D eigenvalue weighted by Crippen LogP contribution is -2.01. The van der Waals surface area contributed by atoms with Gasteiger partial charge in [0.25, 0.3) is 0 Å². The van der Waals surface area contributed by atoms with Crippen LogP contribution in [0.4, 0.5) is 10.7 Å². The van der Waals surface area contributed by atoms with Crippen LogP contribution in [0.1, 0.15) is 15.5 Å². The third-order valence-corrected chi connectivity index (χ3v) is 2.74. The molecule has 2 aromatic heterocycles. The van der Waals surface area contributed by atoms with E-state index in [0.717, 1.165) is 5.69 Å². The van der Waals surface area contributed by atoms with E-state index < -0.39 is 5.97 Å². The minimum absolute atomic E-state index is 0.0475. The summed E-state index contributed by atoms with van der Waals surface area (Å²) in [5.74, 6) is -1.03. The van der Waals surface area contributed by atoms with Crippen molar-refractivity contribution in [2.45, 2.75) is 6.92 Å². The third kappa shape index (κ3) is 2.17. The lowest BCUT2D eigenvalue weighted by molar-refractivity contribution is 0.0692. The lowest BCUT2D eigenvalue weighted by Gasteiger charge is -2.02. The second-order valence-corrected chi connectivity index (χ2v) is 4.29. The highest BCUT2D eigenvalue weighted by molar-refractivity contribution is 7.16. The number of hydrogen-bond donors (Lipinski definition) is 2. The van der Waals surface area contributed by atoms with Crippen LogP contribution in [-0.2, 0) is 0 Å². The van der Waals surface area contributed by atoms with Gasteiger partial charge in [0.2, 0.25) is 0 Å². The van der Waals surface area contributed by atoms with Gasteiger partial charge in [-0.2, -0.15) is 0 Å². The number of aryl methyl sites for hydroxylation is 1. The largest absolute Gasteiger partial charge is 0.476 e. The Bertz CT molecular complexity index is 510. The molecule has 0 spiro atoms. The van der Waals surface area contributed by atoms with E-state index in [4.69, 9.17) is 5.11 Å². The topological polar surface area (TPSA) is 75.1 Å². The van der Waals surface area contributed by atoms with Gasteiger partial charge in [-0.05, 0) is 19.1 Å². The molecule has 5 nitrogen and oxygen atoms in total. The summed E-state index contributed by atoms with van der Waals surface area (Å²) in [6.07, 6.45) is 3.28. The van der Waals surface area contributed by atoms with Crippen LogP contribution in [0.3, 0.4) is 0 Å².